The zero-order chi connectivity index (χ0) is 16.9. The number of carbonyl (C=O) groups excluding carboxylic acids is 1. The monoisotopic (exact) mass is 345 g/mol. The molecule has 6 nitrogen and oxygen atoms in total. The molecule has 0 unspecified atom stereocenters. The number of hydrogen-bond acceptors (Lipinski definition) is 5. The van der Waals surface area contributed by atoms with Crippen LogP contribution in [-0.2, 0) is 4.79 Å². The molecule has 126 valence electrons. The van der Waals surface area contributed by atoms with Gasteiger partial charge in [-0.3, -0.25) is 9.69 Å². The van der Waals surface area contributed by atoms with Gasteiger partial charge in [-0.2, -0.15) is 0 Å². The van der Waals surface area contributed by atoms with E-state index >= 15 is 0 Å². The first-order chi connectivity index (χ1) is 11.6. The molecule has 0 bridgehead atoms. The smallest absolute Gasteiger partial charge is 0.238 e. The average Bonchev–Trinajstić information content (AvgIpc) is 2.58. The van der Waals surface area contributed by atoms with Crippen LogP contribution in [0.5, 0.6) is 0 Å². The lowest BCUT2D eigenvalue weighted by molar-refractivity contribution is -0.117. The van der Waals surface area contributed by atoms with Crippen molar-refractivity contribution in [2.45, 2.75) is 6.92 Å². The van der Waals surface area contributed by atoms with Gasteiger partial charge in [0.25, 0.3) is 0 Å². The number of halogens is 1. The number of amides is 1. The van der Waals surface area contributed by atoms with Crippen molar-refractivity contribution in [1.82, 2.24) is 14.9 Å². The van der Waals surface area contributed by atoms with Gasteiger partial charge in [0.15, 0.2) is 0 Å². The van der Waals surface area contributed by atoms with Crippen molar-refractivity contribution in [2.75, 3.05) is 42.9 Å². The van der Waals surface area contributed by atoms with Gasteiger partial charge in [-0.1, -0.05) is 11.6 Å². The normalized spacial score (nSPS) is 15.3. The van der Waals surface area contributed by atoms with E-state index in [9.17, 15) is 4.79 Å². The Morgan fingerprint density at radius 3 is 2.54 bits per heavy atom. The summed E-state index contributed by atoms with van der Waals surface area (Å²) in [6.45, 7) is 5.60. The summed E-state index contributed by atoms with van der Waals surface area (Å²) in [6.07, 6.45) is 1.78. The van der Waals surface area contributed by atoms with Crippen molar-refractivity contribution in [3.8, 4) is 0 Å². The van der Waals surface area contributed by atoms with E-state index in [1.165, 1.54) is 0 Å². The summed E-state index contributed by atoms with van der Waals surface area (Å²) >= 11 is 5.84. The van der Waals surface area contributed by atoms with Crippen LogP contribution >= 0.6 is 11.6 Å². The van der Waals surface area contributed by atoms with E-state index in [1.807, 2.05) is 13.0 Å². The van der Waals surface area contributed by atoms with E-state index in [-0.39, 0.29) is 5.91 Å². The molecule has 2 aromatic rings. The number of benzene rings is 1. The predicted octanol–water partition coefficient (Wildman–Crippen LogP) is 2.20. The minimum atomic E-state index is -0.0161. The minimum absolute atomic E-state index is 0.0161. The Hall–Kier alpha value is -2.18. The Morgan fingerprint density at radius 1 is 1.17 bits per heavy atom. The number of rotatable bonds is 4. The maximum atomic E-state index is 12.1. The lowest BCUT2D eigenvalue weighted by Gasteiger charge is -2.34. The third kappa shape index (κ3) is 4.43. The Balaban J connectivity index is 1.48. The van der Waals surface area contributed by atoms with Crippen molar-refractivity contribution >= 4 is 29.1 Å². The molecule has 0 atom stereocenters. The van der Waals surface area contributed by atoms with Crippen molar-refractivity contribution in [2.24, 2.45) is 0 Å². The largest absolute Gasteiger partial charge is 0.338 e. The third-order valence-electron chi connectivity index (χ3n) is 3.93. The summed E-state index contributed by atoms with van der Waals surface area (Å²) < 4.78 is 0. The Kier molecular flexibility index (Phi) is 5.27. The summed E-state index contributed by atoms with van der Waals surface area (Å²) in [7, 11) is 0. The van der Waals surface area contributed by atoms with Crippen LogP contribution in [0.15, 0.2) is 36.5 Å². The van der Waals surface area contributed by atoms with Crippen molar-refractivity contribution < 1.29 is 4.79 Å². The number of aromatic nitrogens is 2. The highest BCUT2D eigenvalue weighted by molar-refractivity contribution is 6.30. The molecule has 1 aromatic heterocycles. The van der Waals surface area contributed by atoms with Gasteiger partial charge >= 0.3 is 0 Å². The Morgan fingerprint density at radius 2 is 1.88 bits per heavy atom. The van der Waals surface area contributed by atoms with E-state index in [1.54, 1.807) is 30.5 Å². The van der Waals surface area contributed by atoms with Gasteiger partial charge < -0.3 is 10.2 Å². The summed E-state index contributed by atoms with van der Waals surface area (Å²) in [5.41, 5.74) is 1.72. The molecule has 2 heterocycles. The molecule has 1 saturated heterocycles. The second kappa shape index (κ2) is 7.59. The maximum Gasteiger partial charge on any atom is 0.238 e. The van der Waals surface area contributed by atoms with Gasteiger partial charge in [-0.05, 0) is 37.3 Å². The molecule has 0 aliphatic carbocycles. The van der Waals surface area contributed by atoms with Crippen LogP contribution in [0.25, 0.3) is 0 Å². The zero-order valence-electron chi connectivity index (χ0n) is 13.6. The molecule has 1 N–H and O–H groups in total. The number of carbonyl (C=O) groups is 1. The molecule has 0 saturated carbocycles. The van der Waals surface area contributed by atoms with Crippen molar-refractivity contribution in [1.29, 1.82) is 0 Å². The molecular weight excluding hydrogens is 326 g/mol. The molecule has 1 aliphatic rings. The fourth-order valence-corrected chi connectivity index (χ4v) is 2.76. The first-order valence-corrected chi connectivity index (χ1v) is 8.30. The van der Waals surface area contributed by atoms with Gasteiger partial charge in [-0.15, -0.1) is 0 Å². The van der Waals surface area contributed by atoms with E-state index in [0.29, 0.717) is 11.6 Å². The second-order valence-electron chi connectivity index (χ2n) is 5.82. The second-order valence-corrected chi connectivity index (χ2v) is 6.25. The lowest BCUT2D eigenvalue weighted by Crippen LogP contribution is -2.49. The summed E-state index contributed by atoms with van der Waals surface area (Å²) in [5, 5.41) is 3.54. The average molecular weight is 346 g/mol. The van der Waals surface area contributed by atoms with E-state index in [0.717, 1.165) is 43.5 Å². The SMILES string of the molecule is Cc1ccnc(N2CCN(CC(=O)Nc3ccc(Cl)cc3)CC2)n1. The van der Waals surface area contributed by atoms with Crippen LogP contribution in [-0.4, -0.2) is 53.5 Å². The van der Waals surface area contributed by atoms with Crippen LogP contribution in [0.1, 0.15) is 5.69 Å². The van der Waals surface area contributed by atoms with Crippen molar-refractivity contribution in [3.63, 3.8) is 0 Å². The zero-order valence-corrected chi connectivity index (χ0v) is 14.3. The number of aryl methyl sites for hydroxylation is 1. The van der Waals surface area contributed by atoms with Crippen LogP contribution in [0.4, 0.5) is 11.6 Å². The number of nitrogens with zero attached hydrogens (tertiary/aromatic N) is 4. The number of nitrogens with one attached hydrogen (secondary N) is 1. The van der Waals surface area contributed by atoms with E-state index in [2.05, 4.69) is 25.1 Å². The molecule has 7 heteroatoms. The Bertz CT molecular complexity index is 698. The van der Waals surface area contributed by atoms with Gasteiger partial charge in [-0.25, -0.2) is 9.97 Å². The molecular formula is C17H20ClN5O. The fourth-order valence-electron chi connectivity index (χ4n) is 2.63. The first kappa shape index (κ1) is 16.7. The predicted molar refractivity (Wildman–Crippen MR) is 95.5 cm³/mol. The molecule has 1 aromatic carbocycles. The first-order valence-electron chi connectivity index (χ1n) is 7.92. The quantitative estimate of drug-likeness (QED) is 0.920. The molecule has 0 spiro atoms. The lowest BCUT2D eigenvalue weighted by atomic mass is 10.3. The summed E-state index contributed by atoms with van der Waals surface area (Å²) in [5.74, 6) is 0.748. The van der Waals surface area contributed by atoms with E-state index < -0.39 is 0 Å². The van der Waals surface area contributed by atoms with Crippen molar-refractivity contribution in [3.05, 3.63) is 47.2 Å². The van der Waals surface area contributed by atoms with Crippen LogP contribution < -0.4 is 10.2 Å². The molecule has 0 radical (unpaired) electrons. The fraction of sp³-hybridized carbons (Fsp3) is 0.353. The van der Waals surface area contributed by atoms with Gasteiger partial charge in [0.1, 0.15) is 0 Å². The number of piperazine rings is 1. The van der Waals surface area contributed by atoms with Crippen LogP contribution in [0.3, 0.4) is 0 Å². The van der Waals surface area contributed by atoms with Gasteiger partial charge in [0, 0.05) is 48.8 Å². The Labute approximate surface area is 146 Å². The third-order valence-corrected chi connectivity index (χ3v) is 4.18. The van der Waals surface area contributed by atoms with Crippen LogP contribution in [0, 0.1) is 6.92 Å². The topological polar surface area (TPSA) is 61.4 Å². The summed E-state index contributed by atoms with van der Waals surface area (Å²) in [4.78, 5) is 25.2. The number of hydrogen-bond donors (Lipinski definition) is 1. The molecule has 1 fully saturated rings. The van der Waals surface area contributed by atoms with E-state index in [4.69, 9.17) is 11.6 Å². The van der Waals surface area contributed by atoms with Gasteiger partial charge in [0.05, 0.1) is 6.54 Å². The molecule has 24 heavy (non-hydrogen) atoms. The standard InChI is InChI=1S/C17H20ClN5O/c1-13-6-7-19-17(20-13)23-10-8-22(9-11-23)12-16(24)21-15-4-2-14(18)3-5-15/h2-7H,8-12H2,1H3,(H,21,24). The number of anilines is 2. The molecule has 1 amide bonds. The van der Waals surface area contributed by atoms with Crippen LogP contribution in [0.2, 0.25) is 5.02 Å². The highest BCUT2D eigenvalue weighted by atomic mass is 35.5. The highest BCUT2D eigenvalue weighted by Crippen LogP contribution is 2.14. The highest BCUT2D eigenvalue weighted by Gasteiger charge is 2.20. The minimum Gasteiger partial charge on any atom is -0.338 e. The summed E-state index contributed by atoms with van der Waals surface area (Å²) in [6, 6.07) is 9.01. The van der Waals surface area contributed by atoms with Gasteiger partial charge in [0.2, 0.25) is 11.9 Å². The molecule has 1 aliphatic heterocycles. The maximum absolute atomic E-state index is 12.1. The molecule has 3 rings (SSSR count).